The van der Waals surface area contributed by atoms with E-state index < -0.39 is 10.8 Å². The van der Waals surface area contributed by atoms with Crippen LogP contribution in [0.15, 0.2) is 60.7 Å². The molecule has 4 heterocycles. The zero-order valence-electron chi connectivity index (χ0n) is 34.7. The highest BCUT2D eigenvalue weighted by Gasteiger charge is 2.49. The van der Waals surface area contributed by atoms with Crippen LogP contribution in [-0.4, -0.2) is 80.7 Å². The van der Waals surface area contributed by atoms with E-state index >= 15 is 0 Å². The molecule has 0 saturated carbocycles. The van der Waals surface area contributed by atoms with E-state index in [4.69, 9.17) is 14.2 Å². The van der Waals surface area contributed by atoms with E-state index in [-0.39, 0.29) is 58.9 Å². The lowest BCUT2D eigenvalue weighted by molar-refractivity contribution is -0.146. The second-order valence-electron chi connectivity index (χ2n) is 16.0. The second kappa shape index (κ2) is 25.9. The first kappa shape index (κ1) is 46.4. The van der Waals surface area contributed by atoms with Crippen LogP contribution in [0.5, 0.6) is 0 Å². The number of hydrogen-bond donors (Lipinski definition) is 4. The number of carbonyl (C=O) groups is 4. The second-order valence-corrected chi connectivity index (χ2v) is 19.1. The van der Waals surface area contributed by atoms with Crippen molar-refractivity contribution in [1.29, 1.82) is 0 Å². The molecule has 59 heavy (non-hydrogen) atoms. The Morgan fingerprint density at radius 2 is 1.17 bits per heavy atom. The molecule has 0 unspecified atom stereocenters. The topological polar surface area (TPSA) is 161 Å². The number of rotatable bonds is 25. The van der Waals surface area contributed by atoms with Crippen LogP contribution in [0.4, 0.5) is 9.59 Å². The Kier molecular flexibility index (Phi) is 20.4. The van der Waals surface area contributed by atoms with Crippen LogP contribution in [0.25, 0.3) is 0 Å². The van der Waals surface area contributed by atoms with E-state index in [1.54, 1.807) is 0 Å². The fraction of sp³-hybridized carbons (Fsp3) is 0.644. The summed E-state index contributed by atoms with van der Waals surface area (Å²) in [4.78, 5) is 47.1. The van der Waals surface area contributed by atoms with Crippen LogP contribution in [0.2, 0.25) is 0 Å². The van der Waals surface area contributed by atoms with Crippen molar-refractivity contribution < 1.29 is 37.6 Å². The lowest BCUT2D eigenvalue weighted by Gasteiger charge is -2.17. The molecule has 2 aromatic rings. The number of hydrogen-bond acceptors (Lipinski definition) is 9. The van der Waals surface area contributed by atoms with E-state index in [2.05, 4.69) is 28.2 Å². The standard InChI is InChI=1S/C28H44N2O4S.C17H22N2O4S/c1-2-3-4-5-6-7-8-9-15-20-33-27-26-25(29-28(32)30-26)23(35-27)18-13-14-19-24(31)34-21-22-16-11-10-12-17-22;20-15(23-10-12-6-2-1-3-7-12)9-5-4-8-14-16-13(11-24(14)22)18-17(21)19-16/h10-12,16-17,23,25-27H,2-9,13-15,18-21H2,1H3,(H2,29,30,32);1-3,6-7,13-14,16H,4-5,8-11H2,(H2,18,19,21)/t23-,25+,26+,27+;13-,14-,16-,24-/m00/s1. The van der Waals surface area contributed by atoms with Gasteiger partial charge in [0, 0.05) is 41.3 Å². The predicted octanol–water partition coefficient (Wildman–Crippen LogP) is 7.80. The van der Waals surface area contributed by atoms with Gasteiger partial charge >= 0.3 is 24.0 Å². The molecule has 14 heteroatoms. The summed E-state index contributed by atoms with van der Waals surface area (Å²) in [7, 11) is -0.920. The molecule has 0 spiro atoms. The maximum absolute atomic E-state index is 12.1. The highest BCUT2D eigenvalue weighted by atomic mass is 32.2. The fourth-order valence-corrected chi connectivity index (χ4v) is 11.6. The minimum absolute atomic E-state index is 0.00818. The Morgan fingerprint density at radius 1 is 0.644 bits per heavy atom. The molecule has 2 aromatic carbocycles. The number of nitrogens with one attached hydrogen (secondary N) is 4. The molecule has 4 aliphatic rings. The smallest absolute Gasteiger partial charge is 0.315 e. The number of amides is 4. The molecule has 4 aliphatic heterocycles. The monoisotopic (exact) mass is 854 g/mol. The van der Waals surface area contributed by atoms with Crippen LogP contribution in [-0.2, 0) is 47.8 Å². The summed E-state index contributed by atoms with van der Waals surface area (Å²) in [5, 5.41) is 12.1. The molecule has 6 rings (SSSR count). The van der Waals surface area contributed by atoms with Gasteiger partial charge in [0.1, 0.15) is 18.6 Å². The lowest BCUT2D eigenvalue weighted by atomic mass is 10.0. The van der Waals surface area contributed by atoms with E-state index in [0.717, 1.165) is 56.3 Å². The number of ether oxygens (including phenoxy) is 3. The minimum atomic E-state index is -0.920. The Bertz CT molecular complexity index is 1600. The third-order valence-electron chi connectivity index (χ3n) is 11.4. The highest BCUT2D eigenvalue weighted by molar-refractivity contribution is 8.00. The summed E-state index contributed by atoms with van der Waals surface area (Å²) in [5.41, 5.74) is 1.99. The quantitative estimate of drug-likeness (QED) is 0.0444. The third-order valence-corrected chi connectivity index (χ3v) is 14.8. The van der Waals surface area contributed by atoms with E-state index in [1.807, 2.05) is 72.4 Å². The average molecular weight is 855 g/mol. The highest BCUT2D eigenvalue weighted by Crippen LogP contribution is 2.40. The predicted molar refractivity (Wildman–Crippen MR) is 233 cm³/mol. The largest absolute Gasteiger partial charge is 0.461 e. The molecule has 4 saturated heterocycles. The Balaban J connectivity index is 0.000000240. The number of unbranched alkanes of at least 4 members (excludes halogenated alkanes) is 10. The first-order valence-electron chi connectivity index (χ1n) is 22.0. The van der Waals surface area contributed by atoms with Gasteiger partial charge in [-0.25, -0.2) is 9.59 Å². The lowest BCUT2D eigenvalue weighted by Crippen LogP contribution is -2.40. The fourth-order valence-electron chi connectivity index (χ4n) is 8.10. The molecule has 12 nitrogen and oxygen atoms in total. The van der Waals surface area contributed by atoms with E-state index in [0.29, 0.717) is 43.5 Å². The number of urea groups is 2. The van der Waals surface area contributed by atoms with Crippen LogP contribution in [0, 0.1) is 0 Å². The van der Waals surface area contributed by atoms with Gasteiger partial charge in [0.25, 0.3) is 0 Å². The molecule has 0 aliphatic carbocycles. The van der Waals surface area contributed by atoms with Crippen molar-refractivity contribution in [3.63, 3.8) is 0 Å². The van der Waals surface area contributed by atoms with Gasteiger partial charge in [-0.2, -0.15) is 0 Å². The van der Waals surface area contributed by atoms with Crippen molar-refractivity contribution in [2.45, 2.75) is 169 Å². The van der Waals surface area contributed by atoms with Crippen LogP contribution < -0.4 is 21.3 Å². The van der Waals surface area contributed by atoms with Crippen molar-refractivity contribution in [3.8, 4) is 0 Å². The van der Waals surface area contributed by atoms with Crippen molar-refractivity contribution in [2.24, 2.45) is 0 Å². The van der Waals surface area contributed by atoms with Gasteiger partial charge in [-0.1, -0.05) is 132 Å². The maximum Gasteiger partial charge on any atom is 0.315 e. The number of carbonyl (C=O) groups excluding carboxylic acids is 4. The SMILES string of the molecule is CCCCCCCCCCCO[C@@H]1S[C@@H](CCCCC(=O)OCc2ccccc2)[C@H]2NC(=O)N[C@H]21.O=C1N[C@H]2[C@H](C[S@](=O)[C@H]2CCCCC(=O)OCc2ccccc2)N1. The zero-order valence-corrected chi connectivity index (χ0v) is 36.4. The third kappa shape index (κ3) is 16.1. The van der Waals surface area contributed by atoms with Crippen molar-refractivity contribution in [3.05, 3.63) is 71.8 Å². The van der Waals surface area contributed by atoms with E-state index in [9.17, 15) is 23.4 Å². The minimum Gasteiger partial charge on any atom is -0.461 e. The molecule has 8 atom stereocenters. The number of benzene rings is 2. The molecule has 0 aromatic heterocycles. The Morgan fingerprint density at radius 3 is 1.78 bits per heavy atom. The van der Waals surface area contributed by atoms with Gasteiger partial charge in [-0.15, -0.1) is 11.8 Å². The van der Waals surface area contributed by atoms with Gasteiger partial charge in [-0.05, 0) is 43.2 Å². The number of esters is 2. The van der Waals surface area contributed by atoms with Gasteiger partial charge < -0.3 is 35.5 Å². The van der Waals surface area contributed by atoms with Crippen molar-refractivity contribution in [1.82, 2.24) is 21.3 Å². The van der Waals surface area contributed by atoms with Crippen molar-refractivity contribution >= 4 is 46.6 Å². The van der Waals surface area contributed by atoms with Gasteiger partial charge in [0.2, 0.25) is 0 Å². The number of thioether (sulfide) groups is 1. The number of fused-ring (bicyclic) bond motifs is 2. The van der Waals surface area contributed by atoms with Gasteiger partial charge in [0.15, 0.2) is 0 Å². The van der Waals surface area contributed by atoms with Gasteiger partial charge in [0.05, 0.1) is 29.4 Å². The van der Waals surface area contributed by atoms with Crippen LogP contribution in [0.1, 0.15) is 127 Å². The molecular formula is C45H66N4O8S2. The first-order chi connectivity index (χ1) is 28.8. The molecule has 0 radical (unpaired) electrons. The molecule has 4 N–H and O–H groups in total. The Hall–Kier alpha value is -3.62. The average Bonchev–Trinajstić information content (AvgIpc) is 3.97. The summed E-state index contributed by atoms with van der Waals surface area (Å²) in [5.74, 6) is 0.164. The summed E-state index contributed by atoms with van der Waals surface area (Å²) >= 11 is 1.83. The molecule has 4 fully saturated rings. The van der Waals surface area contributed by atoms with Crippen LogP contribution >= 0.6 is 11.8 Å². The zero-order chi connectivity index (χ0) is 41.7. The Labute approximate surface area is 357 Å². The summed E-state index contributed by atoms with van der Waals surface area (Å²) < 4.78 is 28.9. The first-order valence-corrected chi connectivity index (χ1v) is 24.3. The molecule has 0 bridgehead atoms. The maximum atomic E-state index is 12.1. The molecule has 4 amide bonds. The summed E-state index contributed by atoms with van der Waals surface area (Å²) in [6, 6.07) is 19.2. The van der Waals surface area contributed by atoms with E-state index in [1.165, 1.54) is 51.4 Å². The normalized spacial score (nSPS) is 25.1. The molecular weight excluding hydrogens is 789 g/mol. The molecule has 326 valence electrons. The van der Waals surface area contributed by atoms with Gasteiger partial charge in [-0.3, -0.25) is 13.8 Å². The van der Waals surface area contributed by atoms with Crippen molar-refractivity contribution in [2.75, 3.05) is 12.4 Å². The summed E-state index contributed by atoms with van der Waals surface area (Å²) in [6.45, 7) is 3.64. The van der Waals surface area contributed by atoms with Crippen LogP contribution in [0.3, 0.4) is 0 Å². The summed E-state index contributed by atoms with van der Waals surface area (Å²) in [6.07, 6.45) is 17.4.